The molecule has 1 aliphatic carbocycles. The van der Waals surface area contributed by atoms with Crippen LogP contribution < -0.4 is 11.1 Å². The highest BCUT2D eigenvalue weighted by Crippen LogP contribution is 2.23. The van der Waals surface area contributed by atoms with Crippen molar-refractivity contribution >= 4 is 16.7 Å². The minimum atomic E-state index is 0.386. The lowest BCUT2D eigenvalue weighted by Crippen LogP contribution is -2.44. The van der Waals surface area contributed by atoms with E-state index >= 15 is 0 Å². The van der Waals surface area contributed by atoms with E-state index in [0.717, 1.165) is 23.8 Å². The van der Waals surface area contributed by atoms with Crippen LogP contribution in [0.25, 0.3) is 0 Å². The van der Waals surface area contributed by atoms with Crippen molar-refractivity contribution in [1.29, 1.82) is 0 Å². The molecule has 0 spiro atoms. The molecular weight excluding hydrogens is 172 g/mol. The molecule has 2 rings (SSSR count). The van der Waals surface area contributed by atoms with E-state index < -0.39 is 0 Å². The highest BCUT2D eigenvalue weighted by Gasteiger charge is 2.26. The maximum absolute atomic E-state index is 5.66. The largest absolute Gasteiger partial charge is 0.357 e. The molecule has 3 N–H and O–H groups in total. The molecule has 0 atom stereocenters. The molecule has 1 aromatic heterocycles. The second-order valence-corrected chi connectivity index (χ2v) is 3.97. The van der Waals surface area contributed by atoms with Gasteiger partial charge >= 0.3 is 0 Å². The molecule has 1 heterocycles. The average Bonchev–Trinajstić information content (AvgIpc) is 2.33. The monoisotopic (exact) mass is 184 g/mol. The van der Waals surface area contributed by atoms with Gasteiger partial charge < -0.3 is 11.1 Å². The van der Waals surface area contributed by atoms with Crippen LogP contribution in [0.3, 0.4) is 0 Å². The number of anilines is 1. The summed E-state index contributed by atoms with van der Waals surface area (Å²) in [5, 5.41) is 4.22. The molecule has 1 aliphatic rings. The van der Waals surface area contributed by atoms with Gasteiger partial charge in [0.2, 0.25) is 5.13 Å². The molecule has 0 saturated heterocycles. The molecule has 66 valence electrons. The molecule has 1 fully saturated rings. The van der Waals surface area contributed by atoms with Gasteiger partial charge in [0.15, 0.2) is 0 Å². The van der Waals surface area contributed by atoms with Crippen molar-refractivity contribution in [3.63, 3.8) is 0 Å². The molecule has 5 heteroatoms. The summed E-state index contributed by atoms with van der Waals surface area (Å²) in [6.07, 6.45) is 2.11. The van der Waals surface area contributed by atoms with Gasteiger partial charge in [0, 0.05) is 23.6 Å². The number of aromatic nitrogens is 2. The van der Waals surface area contributed by atoms with Gasteiger partial charge in [-0.25, -0.2) is 4.98 Å². The normalized spacial score (nSPS) is 28.2. The first-order valence-electron chi connectivity index (χ1n) is 4.06. The van der Waals surface area contributed by atoms with Gasteiger partial charge in [0.05, 0.1) is 0 Å². The van der Waals surface area contributed by atoms with Gasteiger partial charge in [-0.15, -0.1) is 0 Å². The zero-order chi connectivity index (χ0) is 8.55. The highest BCUT2D eigenvalue weighted by molar-refractivity contribution is 7.09. The van der Waals surface area contributed by atoms with E-state index in [1.807, 2.05) is 6.92 Å². The predicted molar refractivity (Wildman–Crippen MR) is 49.3 cm³/mol. The molecule has 0 radical (unpaired) electrons. The fraction of sp³-hybridized carbons (Fsp3) is 0.714. The minimum Gasteiger partial charge on any atom is -0.357 e. The van der Waals surface area contributed by atoms with Crippen molar-refractivity contribution in [3.8, 4) is 0 Å². The van der Waals surface area contributed by atoms with Gasteiger partial charge in [-0.3, -0.25) is 0 Å². The van der Waals surface area contributed by atoms with E-state index in [4.69, 9.17) is 5.73 Å². The van der Waals surface area contributed by atoms with Crippen molar-refractivity contribution < 1.29 is 0 Å². The summed E-state index contributed by atoms with van der Waals surface area (Å²) >= 11 is 1.42. The standard InChI is InChI=1S/C7H12N4S/c1-4-9-7(12-11-4)10-6-2-5(8)3-6/h5-6H,2-3,8H2,1H3,(H,9,10,11). The Morgan fingerprint density at radius 2 is 2.33 bits per heavy atom. The van der Waals surface area contributed by atoms with Crippen molar-refractivity contribution in [1.82, 2.24) is 9.36 Å². The van der Waals surface area contributed by atoms with Crippen molar-refractivity contribution in [2.75, 3.05) is 5.32 Å². The average molecular weight is 184 g/mol. The van der Waals surface area contributed by atoms with E-state index in [0.29, 0.717) is 12.1 Å². The molecule has 0 unspecified atom stereocenters. The topological polar surface area (TPSA) is 63.8 Å². The zero-order valence-electron chi connectivity index (χ0n) is 6.95. The number of hydrogen-bond acceptors (Lipinski definition) is 5. The minimum absolute atomic E-state index is 0.386. The lowest BCUT2D eigenvalue weighted by molar-refractivity contribution is 0.373. The van der Waals surface area contributed by atoms with Crippen LogP contribution in [0.2, 0.25) is 0 Å². The van der Waals surface area contributed by atoms with Crippen molar-refractivity contribution in [2.45, 2.75) is 31.8 Å². The van der Waals surface area contributed by atoms with Crippen molar-refractivity contribution in [3.05, 3.63) is 5.82 Å². The Hall–Kier alpha value is -0.680. The van der Waals surface area contributed by atoms with Gasteiger partial charge in [0.25, 0.3) is 0 Å². The van der Waals surface area contributed by atoms with E-state index in [9.17, 15) is 0 Å². The highest BCUT2D eigenvalue weighted by atomic mass is 32.1. The molecular formula is C7H12N4S. The summed E-state index contributed by atoms with van der Waals surface area (Å²) in [6.45, 7) is 1.90. The smallest absolute Gasteiger partial charge is 0.202 e. The number of aryl methyl sites for hydroxylation is 1. The SMILES string of the molecule is Cc1nsc(NC2CC(N)C2)n1. The first-order chi connectivity index (χ1) is 5.74. The fourth-order valence-corrected chi connectivity index (χ4v) is 1.96. The summed E-state index contributed by atoms with van der Waals surface area (Å²) in [6, 6.07) is 0.906. The first-order valence-corrected chi connectivity index (χ1v) is 4.84. The summed E-state index contributed by atoms with van der Waals surface area (Å²) in [7, 11) is 0. The summed E-state index contributed by atoms with van der Waals surface area (Å²) in [4.78, 5) is 4.21. The molecule has 1 aromatic rings. The molecule has 0 amide bonds. The third kappa shape index (κ3) is 1.56. The predicted octanol–water partition coefficient (Wildman–Crippen LogP) is 0.748. The molecule has 0 aliphatic heterocycles. The fourth-order valence-electron chi connectivity index (χ4n) is 1.31. The lowest BCUT2D eigenvalue weighted by Gasteiger charge is -2.32. The van der Waals surface area contributed by atoms with Gasteiger partial charge in [-0.2, -0.15) is 4.37 Å². The quantitative estimate of drug-likeness (QED) is 0.712. The van der Waals surface area contributed by atoms with Crippen LogP contribution >= 0.6 is 11.5 Å². The van der Waals surface area contributed by atoms with Crippen LogP contribution in [0.5, 0.6) is 0 Å². The molecule has 0 aromatic carbocycles. The van der Waals surface area contributed by atoms with Crippen LogP contribution in [-0.2, 0) is 0 Å². The number of nitrogens with one attached hydrogen (secondary N) is 1. The zero-order valence-corrected chi connectivity index (χ0v) is 7.77. The van der Waals surface area contributed by atoms with E-state index in [1.54, 1.807) is 0 Å². The maximum Gasteiger partial charge on any atom is 0.202 e. The van der Waals surface area contributed by atoms with Gasteiger partial charge in [-0.1, -0.05) is 0 Å². The Kier molecular flexibility index (Phi) is 1.98. The van der Waals surface area contributed by atoms with Crippen LogP contribution in [0.4, 0.5) is 5.13 Å². The Morgan fingerprint density at radius 3 is 2.83 bits per heavy atom. The summed E-state index contributed by atoms with van der Waals surface area (Å²) in [5.41, 5.74) is 5.66. The Bertz CT molecular complexity index is 266. The van der Waals surface area contributed by atoms with E-state index in [-0.39, 0.29) is 0 Å². The summed E-state index contributed by atoms with van der Waals surface area (Å²) in [5.74, 6) is 0.839. The van der Waals surface area contributed by atoms with Crippen LogP contribution in [0.1, 0.15) is 18.7 Å². The van der Waals surface area contributed by atoms with Crippen molar-refractivity contribution in [2.24, 2.45) is 5.73 Å². The third-order valence-corrected chi connectivity index (χ3v) is 2.77. The van der Waals surface area contributed by atoms with Crippen LogP contribution in [-0.4, -0.2) is 21.4 Å². The van der Waals surface area contributed by atoms with E-state index in [1.165, 1.54) is 11.5 Å². The number of nitrogens with two attached hydrogens (primary N) is 1. The lowest BCUT2D eigenvalue weighted by atomic mass is 9.88. The molecule has 0 bridgehead atoms. The Labute approximate surface area is 75.4 Å². The number of nitrogens with zero attached hydrogens (tertiary/aromatic N) is 2. The maximum atomic E-state index is 5.66. The first kappa shape index (κ1) is 7.94. The summed E-state index contributed by atoms with van der Waals surface area (Å²) < 4.78 is 4.08. The second kappa shape index (κ2) is 2.99. The Morgan fingerprint density at radius 1 is 1.58 bits per heavy atom. The van der Waals surface area contributed by atoms with E-state index in [2.05, 4.69) is 14.7 Å². The molecule has 12 heavy (non-hydrogen) atoms. The van der Waals surface area contributed by atoms with Gasteiger partial charge in [0.1, 0.15) is 5.82 Å². The number of rotatable bonds is 2. The van der Waals surface area contributed by atoms with Gasteiger partial charge in [-0.05, 0) is 19.8 Å². The van der Waals surface area contributed by atoms with Crippen LogP contribution in [0, 0.1) is 6.92 Å². The number of hydrogen-bond donors (Lipinski definition) is 2. The Balaban J connectivity index is 1.88. The molecule has 1 saturated carbocycles. The second-order valence-electron chi connectivity index (χ2n) is 3.22. The third-order valence-electron chi connectivity index (χ3n) is 2.03. The molecule has 4 nitrogen and oxygen atoms in total. The van der Waals surface area contributed by atoms with Crippen LogP contribution in [0.15, 0.2) is 0 Å².